The number of halogens is 3. The van der Waals surface area contributed by atoms with E-state index >= 15 is 0 Å². The number of aromatic nitrogens is 3. The SMILES string of the molecule is O=C(O)C(F)(F)F.c1ncncn1. The van der Waals surface area contributed by atoms with Crippen molar-refractivity contribution in [2.75, 3.05) is 0 Å². The van der Waals surface area contributed by atoms with Gasteiger partial charge in [0.25, 0.3) is 0 Å². The van der Waals surface area contributed by atoms with E-state index in [4.69, 9.17) is 9.90 Å². The third-order valence-electron chi connectivity index (χ3n) is 0.643. The van der Waals surface area contributed by atoms with Gasteiger partial charge in [-0.3, -0.25) is 0 Å². The Balaban J connectivity index is 0.000000223. The first-order valence-corrected chi connectivity index (χ1v) is 2.79. The molecule has 0 saturated heterocycles. The van der Waals surface area contributed by atoms with Crippen LogP contribution in [0.15, 0.2) is 19.0 Å². The van der Waals surface area contributed by atoms with Gasteiger partial charge in [-0.05, 0) is 0 Å². The highest BCUT2D eigenvalue weighted by Gasteiger charge is 2.38. The van der Waals surface area contributed by atoms with E-state index in [1.807, 2.05) is 0 Å². The predicted molar refractivity (Wildman–Crippen MR) is 33.5 cm³/mol. The second kappa shape index (κ2) is 5.01. The summed E-state index contributed by atoms with van der Waals surface area (Å²) in [5.74, 6) is -2.76. The first-order valence-electron chi connectivity index (χ1n) is 2.79. The Morgan fingerprint density at radius 1 is 1.08 bits per heavy atom. The van der Waals surface area contributed by atoms with Crippen molar-refractivity contribution in [2.45, 2.75) is 6.18 Å². The Labute approximate surface area is 70.3 Å². The molecule has 0 aliphatic rings. The van der Waals surface area contributed by atoms with Crippen molar-refractivity contribution in [3.05, 3.63) is 19.0 Å². The van der Waals surface area contributed by atoms with Crippen molar-refractivity contribution in [1.82, 2.24) is 15.0 Å². The van der Waals surface area contributed by atoms with Crippen molar-refractivity contribution >= 4 is 5.97 Å². The Kier molecular flexibility index (Phi) is 4.34. The lowest BCUT2D eigenvalue weighted by atomic mass is 10.7. The molecule has 1 heterocycles. The van der Waals surface area contributed by atoms with E-state index in [1.54, 1.807) is 0 Å². The summed E-state index contributed by atoms with van der Waals surface area (Å²) in [5.41, 5.74) is 0. The smallest absolute Gasteiger partial charge is 0.475 e. The number of rotatable bonds is 0. The summed E-state index contributed by atoms with van der Waals surface area (Å²) in [7, 11) is 0. The fourth-order valence-corrected chi connectivity index (χ4v) is 0.205. The number of hydrogen-bond acceptors (Lipinski definition) is 4. The zero-order chi connectivity index (χ0) is 10.3. The Bertz CT molecular complexity index is 224. The lowest BCUT2D eigenvalue weighted by Gasteiger charge is -1.93. The maximum atomic E-state index is 10.6. The monoisotopic (exact) mass is 195 g/mol. The van der Waals surface area contributed by atoms with Gasteiger partial charge in [-0.2, -0.15) is 13.2 Å². The van der Waals surface area contributed by atoms with Gasteiger partial charge < -0.3 is 5.11 Å². The molecule has 0 aliphatic heterocycles. The summed E-state index contributed by atoms with van der Waals surface area (Å²) in [6.07, 6.45) is -0.771. The molecule has 1 rings (SSSR count). The van der Waals surface area contributed by atoms with E-state index in [0.29, 0.717) is 0 Å². The third-order valence-corrected chi connectivity index (χ3v) is 0.643. The Morgan fingerprint density at radius 3 is 1.38 bits per heavy atom. The minimum absolute atomic E-state index is 1.44. The van der Waals surface area contributed by atoms with Crippen LogP contribution in [-0.4, -0.2) is 32.2 Å². The minimum atomic E-state index is -5.08. The first-order chi connectivity index (χ1) is 5.94. The zero-order valence-electron chi connectivity index (χ0n) is 6.06. The fourth-order valence-electron chi connectivity index (χ4n) is 0.205. The molecule has 5 nitrogen and oxygen atoms in total. The molecule has 0 amide bonds. The van der Waals surface area contributed by atoms with Crippen LogP contribution in [0.25, 0.3) is 0 Å². The summed E-state index contributed by atoms with van der Waals surface area (Å²) in [6, 6.07) is 0. The maximum Gasteiger partial charge on any atom is 0.490 e. The van der Waals surface area contributed by atoms with Gasteiger partial charge in [0.2, 0.25) is 0 Å². The maximum absolute atomic E-state index is 10.6. The van der Waals surface area contributed by atoms with Gasteiger partial charge >= 0.3 is 12.1 Å². The van der Waals surface area contributed by atoms with Crippen LogP contribution in [0.4, 0.5) is 13.2 Å². The van der Waals surface area contributed by atoms with Gasteiger partial charge in [0.1, 0.15) is 19.0 Å². The van der Waals surface area contributed by atoms with Crippen molar-refractivity contribution < 1.29 is 23.1 Å². The van der Waals surface area contributed by atoms with Crippen LogP contribution in [0.5, 0.6) is 0 Å². The van der Waals surface area contributed by atoms with Gasteiger partial charge in [-0.25, -0.2) is 19.7 Å². The van der Waals surface area contributed by atoms with Crippen LogP contribution < -0.4 is 0 Å². The molecule has 72 valence electrons. The normalized spacial score (nSPS) is 9.77. The summed E-state index contributed by atoms with van der Waals surface area (Å²) >= 11 is 0. The number of carbonyl (C=O) groups is 1. The quantitative estimate of drug-likeness (QED) is 0.652. The molecule has 0 saturated carbocycles. The van der Waals surface area contributed by atoms with Crippen LogP contribution in [-0.2, 0) is 4.79 Å². The topological polar surface area (TPSA) is 76.0 Å². The molecule has 0 aromatic carbocycles. The lowest BCUT2D eigenvalue weighted by molar-refractivity contribution is -0.192. The van der Waals surface area contributed by atoms with Crippen molar-refractivity contribution in [3.63, 3.8) is 0 Å². The van der Waals surface area contributed by atoms with Crippen LogP contribution >= 0.6 is 0 Å². The van der Waals surface area contributed by atoms with Crippen LogP contribution in [0.3, 0.4) is 0 Å². The molecule has 0 atom stereocenters. The highest BCUT2D eigenvalue weighted by Crippen LogP contribution is 2.13. The standard InChI is InChI=1S/C3H3N3.C2HF3O2/c1-4-2-6-3-5-1;3-2(4,5)1(6)7/h1-3H;(H,6,7). The number of hydrogen-bond donors (Lipinski definition) is 1. The van der Waals surface area contributed by atoms with E-state index < -0.39 is 12.1 Å². The van der Waals surface area contributed by atoms with Gasteiger partial charge in [0.15, 0.2) is 0 Å². The van der Waals surface area contributed by atoms with Gasteiger partial charge in [-0.1, -0.05) is 0 Å². The molecule has 0 spiro atoms. The van der Waals surface area contributed by atoms with E-state index in [1.165, 1.54) is 19.0 Å². The predicted octanol–water partition coefficient (Wildman–Crippen LogP) is 0.505. The number of carboxylic acid groups (broad SMARTS) is 1. The van der Waals surface area contributed by atoms with Crippen LogP contribution in [0.2, 0.25) is 0 Å². The van der Waals surface area contributed by atoms with E-state index in [0.717, 1.165) is 0 Å². The fraction of sp³-hybridized carbons (Fsp3) is 0.200. The number of aliphatic carboxylic acids is 1. The van der Waals surface area contributed by atoms with Gasteiger partial charge in [0, 0.05) is 0 Å². The molecule has 8 heteroatoms. The van der Waals surface area contributed by atoms with Crippen LogP contribution in [0, 0.1) is 0 Å². The number of carboxylic acids is 1. The zero-order valence-corrected chi connectivity index (χ0v) is 6.06. The molecular formula is C5H4F3N3O2. The molecule has 13 heavy (non-hydrogen) atoms. The summed E-state index contributed by atoms with van der Waals surface area (Å²) < 4.78 is 31.7. The second-order valence-corrected chi connectivity index (χ2v) is 1.60. The summed E-state index contributed by atoms with van der Waals surface area (Å²) in [6.45, 7) is 0. The Morgan fingerprint density at radius 2 is 1.31 bits per heavy atom. The van der Waals surface area contributed by atoms with E-state index in [2.05, 4.69) is 15.0 Å². The average molecular weight is 195 g/mol. The molecule has 1 aromatic heterocycles. The average Bonchev–Trinajstić information content (AvgIpc) is 2.07. The largest absolute Gasteiger partial charge is 0.490 e. The van der Waals surface area contributed by atoms with Gasteiger partial charge in [0.05, 0.1) is 0 Å². The van der Waals surface area contributed by atoms with Crippen molar-refractivity contribution in [2.24, 2.45) is 0 Å². The third kappa shape index (κ3) is 6.66. The molecule has 1 aromatic rings. The minimum Gasteiger partial charge on any atom is -0.475 e. The molecular weight excluding hydrogens is 191 g/mol. The van der Waals surface area contributed by atoms with Crippen molar-refractivity contribution in [3.8, 4) is 0 Å². The highest BCUT2D eigenvalue weighted by molar-refractivity contribution is 5.73. The van der Waals surface area contributed by atoms with E-state index in [9.17, 15) is 13.2 Å². The molecule has 1 N–H and O–H groups in total. The van der Waals surface area contributed by atoms with Crippen LogP contribution in [0.1, 0.15) is 0 Å². The molecule has 0 unspecified atom stereocenters. The molecule has 0 radical (unpaired) electrons. The highest BCUT2D eigenvalue weighted by atomic mass is 19.4. The summed E-state index contributed by atoms with van der Waals surface area (Å²) in [4.78, 5) is 19.6. The second-order valence-electron chi connectivity index (χ2n) is 1.60. The Hall–Kier alpha value is -1.73. The first kappa shape index (κ1) is 11.3. The van der Waals surface area contributed by atoms with E-state index in [-0.39, 0.29) is 0 Å². The van der Waals surface area contributed by atoms with Crippen molar-refractivity contribution in [1.29, 1.82) is 0 Å². The number of nitrogens with zero attached hydrogens (tertiary/aromatic N) is 3. The molecule has 0 aliphatic carbocycles. The lowest BCUT2D eigenvalue weighted by Crippen LogP contribution is -2.21. The number of alkyl halides is 3. The molecule has 0 bridgehead atoms. The van der Waals surface area contributed by atoms with Gasteiger partial charge in [-0.15, -0.1) is 0 Å². The summed E-state index contributed by atoms with van der Waals surface area (Å²) in [5, 5.41) is 7.12. The molecule has 0 fully saturated rings.